The van der Waals surface area contributed by atoms with Crippen LogP contribution in [0, 0.1) is 5.92 Å². The number of hydrogen-bond acceptors (Lipinski definition) is 4. The van der Waals surface area contributed by atoms with Crippen molar-refractivity contribution < 1.29 is 0 Å². The molecule has 4 rings (SSSR count). The fourth-order valence-corrected chi connectivity index (χ4v) is 5.12. The molecule has 1 aromatic carbocycles. The molecule has 0 unspecified atom stereocenters. The van der Waals surface area contributed by atoms with Gasteiger partial charge in [0.25, 0.3) is 5.56 Å². The summed E-state index contributed by atoms with van der Waals surface area (Å²) in [6, 6.07) is 8.28. The van der Waals surface area contributed by atoms with Crippen LogP contribution in [0.25, 0.3) is 17.0 Å². The van der Waals surface area contributed by atoms with Gasteiger partial charge in [-0.05, 0) is 24.3 Å². The molecule has 3 aromatic rings. The van der Waals surface area contributed by atoms with Gasteiger partial charge in [0.1, 0.15) is 0 Å². The van der Waals surface area contributed by atoms with E-state index in [4.69, 9.17) is 4.98 Å². The maximum atomic E-state index is 13.6. The first-order valence-electron chi connectivity index (χ1n) is 9.51. The van der Waals surface area contributed by atoms with E-state index in [1.807, 2.05) is 13.1 Å². The van der Waals surface area contributed by atoms with Crippen molar-refractivity contribution in [1.82, 2.24) is 19.2 Å². The normalized spacial score (nSPS) is 15.2. The van der Waals surface area contributed by atoms with Gasteiger partial charge in [-0.1, -0.05) is 63.7 Å². The quantitative estimate of drug-likeness (QED) is 0.639. The Hall–Kier alpha value is -2.08. The van der Waals surface area contributed by atoms with Gasteiger partial charge in [-0.2, -0.15) is 0 Å². The summed E-state index contributed by atoms with van der Waals surface area (Å²) >= 11 is 1.64. The predicted molar refractivity (Wildman–Crippen MR) is 111 cm³/mol. The summed E-state index contributed by atoms with van der Waals surface area (Å²) in [4.78, 5) is 18.5. The number of aromatic nitrogens is 4. The Kier molecular flexibility index (Phi) is 4.41. The van der Waals surface area contributed by atoms with E-state index in [-0.39, 0.29) is 11.0 Å². The molecule has 0 atom stereocenters. The maximum Gasteiger partial charge on any atom is 0.265 e. The van der Waals surface area contributed by atoms with Crippen LogP contribution < -0.4 is 5.56 Å². The van der Waals surface area contributed by atoms with Gasteiger partial charge < -0.3 is 0 Å². The van der Waals surface area contributed by atoms with E-state index in [1.165, 1.54) is 5.56 Å². The Bertz CT molecular complexity index is 1080. The van der Waals surface area contributed by atoms with Gasteiger partial charge >= 0.3 is 0 Å². The highest BCUT2D eigenvalue weighted by molar-refractivity contribution is 7.99. The molecular weight excluding hydrogens is 356 g/mol. The summed E-state index contributed by atoms with van der Waals surface area (Å²) in [7, 11) is 1.86. The minimum absolute atomic E-state index is 0.0228. The van der Waals surface area contributed by atoms with E-state index >= 15 is 0 Å². The molecule has 1 aliphatic carbocycles. The Balaban J connectivity index is 1.94. The molecule has 142 valence electrons. The molecule has 1 aliphatic rings. The zero-order valence-corrected chi connectivity index (χ0v) is 17.4. The summed E-state index contributed by atoms with van der Waals surface area (Å²) in [6.45, 7) is 8.70. The minimum atomic E-state index is -0.259. The van der Waals surface area contributed by atoms with Crippen LogP contribution in [0.15, 0.2) is 34.2 Å². The zero-order valence-electron chi connectivity index (χ0n) is 16.6. The van der Waals surface area contributed by atoms with Crippen LogP contribution >= 0.6 is 11.8 Å². The molecule has 0 radical (unpaired) electrons. The Labute approximate surface area is 163 Å². The van der Waals surface area contributed by atoms with Gasteiger partial charge in [-0.15, -0.1) is 5.10 Å². The molecule has 27 heavy (non-hydrogen) atoms. The first kappa shape index (κ1) is 18.3. The number of nitrogens with zero attached hydrogens (tertiary/aromatic N) is 4. The van der Waals surface area contributed by atoms with Crippen molar-refractivity contribution >= 4 is 17.5 Å². The van der Waals surface area contributed by atoms with Gasteiger partial charge in [0, 0.05) is 23.8 Å². The lowest BCUT2D eigenvalue weighted by Gasteiger charge is -2.32. The molecule has 0 amide bonds. The monoisotopic (exact) mass is 382 g/mol. The third-order valence-electron chi connectivity index (χ3n) is 5.29. The van der Waals surface area contributed by atoms with Gasteiger partial charge in [0.15, 0.2) is 5.16 Å². The maximum absolute atomic E-state index is 13.6. The van der Waals surface area contributed by atoms with Crippen LogP contribution in [-0.2, 0) is 18.9 Å². The molecule has 0 saturated carbocycles. The summed E-state index contributed by atoms with van der Waals surface area (Å²) in [5.74, 6) is 2.18. The Morgan fingerprint density at radius 3 is 2.74 bits per heavy atom. The Morgan fingerprint density at radius 2 is 2.00 bits per heavy atom. The fourth-order valence-electron chi connectivity index (χ4n) is 3.87. The van der Waals surface area contributed by atoms with Crippen molar-refractivity contribution in [2.45, 2.75) is 51.1 Å². The molecule has 2 heterocycles. The number of aryl methyl sites for hydroxylation is 1. The topological polar surface area (TPSA) is 52.2 Å². The van der Waals surface area contributed by atoms with E-state index in [2.05, 4.69) is 51.0 Å². The third kappa shape index (κ3) is 3.00. The van der Waals surface area contributed by atoms with Crippen molar-refractivity contribution in [1.29, 1.82) is 0 Å². The van der Waals surface area contributed by atoms with Gasteiger partial charge in [-0.3, -0.25) is 4.79 Å². The zero-order chi connectivity index (χ0) is 19.3. The van der Waals surface area contributed by atoms with Gasteiger partial charge in [0.2, 0.25) is 5.78 Å². The molecule has 0 saturated heterocycles. The van der Waals surface area contributed by atoms with E-state index in [0.29, 0.717) is 11.7 Å². The van der Waals surface area contributed by atoms with Crippen molar-refractivity contribution in [3.05, 3.63) is 45.7 Å². The number of fused-ring (bicyclic) bond motifs is 4. The summed E-state index contributed by atoms with van der Waals surface area (Å²) in [5, 5.41) is 5.34. The SMILES string of the molecule is CC(C)CCSc1nn(C)c2nc3c(c(=O)n12)C(C)(C)Cc1ccccc1-3. The van der Waals surface area contributed by atoms with E-state index in [0.717, 1.165) is 40.6 Å². The average molecular weight is 383 g/mol. The number of thioether (sulfide) groups is 1. The molecule has 0 bridgehead atoms. The number of rotatable bonds is 4. The number of benzene rings is 1. The van der Waals surface area contributed by atoms with Crippen LogP contribution in [0.5, 0.6) is 0 Å². The number of hydrogen-bond donors (Lipinski definition) is 0. The van der Waals surface area contributed by atoms with Gasteiger partial charge in [0.05, 0.1) is 11.3 Å². The molecule has 2 aromatic heterocycles. The molecule has 0 fully saturated rings. The van der Waals surface area contributed by atoms with Crippen LogP contribution in [0.3, 0.4) is 0 Å². The summed E-state index contributed by atoms with van der Waals surface area (Å²) < 4.78 is 3.43. The molecule has 0 aliphatic heterocycles. The van der Waals surface area contributed by atoms with Crippen LogP contribution in [0.2, 0.25) is 0 Å². The Morgan fingerprint density at radius 1 is 1.26 bits per heavy atom. The van der Waals surface area contributed by atoms with Crippen molar-refractivity contribution in [2.24, 2.45) is 13.0 Å². The first-order chi connectivity index (χ1) is 12.8. The lowest BCUT2D eigenvalue weighted by atomic mass is 9.72. The van der Waals surface area contributed by atoms with Crippen molar-refractivity contribution in [3.63, 3.8) is 0 Å². The predicted octanol–water partition coefficient (Wildman–Crippen LogP) is 4.07. The molecule has 0 N–H and O–H groups in total. The van der Waals surface area contributed by atoms with E-state index < -0.39 is 0 Å². The lowest BCUT2D eigenvalue weighted by molar-refractivity contribution is 0.505. The van der Waals surface area contributed by atoms with E-state index in [1.54, 1.807) is 20.8 Å². The fraction of sp³-hybridized carbons (Fsp3) is 0.476. The highest BCUT2D eigenvalue weighted by Gasteiger charge is 2.36. The van der Waals surface area contributed by atoms with Crippen LogP contribution in [0.1, 0.15) is 45.2 Å². The average Bonchev–Trinajstić information content (AvgIpc) is 2.90. The second-order valence-electron chi connectivity index (χ2n) is 8.43. The highest BCUT2D eigenvalue weighted by atomic mass is 32.2. The standard InChI is InChI=1S/C21H26N4OS/c1-13(2)10-11-27-20-23-24(5)19-22-17-15-9-7-6-8-14(15)12-21(3,4)16(17)18(26)25(19)20/h6-9,13H,10-12H2,1-5H3. The van der Waals surface area contributed by atoms with Crippen LogP contribution in [-0.4, -0.2) is 24.9 Å². The van der Waals surface area contributed by atoms with Crippen molar-refractivity contribution in [3.8, 4) is 11.3 Å². The summed E-state index contributed by atoms with van der Waals surface area (Å²) in [5.41, 5.74) is 3.70. The lowest BCUT2D eigenvalue weighted by Crippen LogP contribution is -2.36. The first-order valence-corrected chi connectivity index (χ1v) is 10.5. The minimum Gasteiger partial charge on any atom is -0.268 e. The van der Waals surface area contributed by atoms with Crippen LogP contribution in [0.4, 0.5) is 0 Å². The molecule has 0 spiro atoms. The molecular formula is C21H26N4OS. The van der Waals surface area contributed by atoms with E-state index in [9.17, 15) is 4.79 Å². The van der Waals surface area contributed by atoms with Crippen molar-refractivity contribution in [2.75, 3.05) is 5.75 Å². The highest BCUT2D eigenvalue weighted by Crippen LogP contribution is 2.40. The summed E-state index contributed by atoms with van der Waals surface area (Å²) in [6.07, 6.45) is 1.93. The third-order valence-corrected chi connectivity index (χ3v) is 6.25. The smallest absolute Gasteiger partial charge is 0.265 e. The second kappa shape index (κ2) is 6.51. The largest absolute Gasteiger partial charge is 0.268 e. The second-order valence-corrected chi connectivity index (χ2v) is 9.49. The molecule has 5 nitrogen and oxygen atoms in total. The van der Waals surface area contributed by atoms with Gasteiger partial charge in [-0.25, -0.2) is 14.1 Å². The molecule has 6 heteroatoms.